The molecular weight excluding hydrogens is 591 g/mol. The number of ether oxygens (including phenoxy) is 1. The molecule has 238 valence electrons. The molecular formula is C26H34F3N9O6+2. The Balaban J connectivity index is 1.28. The Labute approximate surface area is 248 Å². The molecule has 6 rings (SSSR count). The zero-order chi connectivity index (χ0) is 32.0. The summed E-state index contributed by atoms with van der Waals surface area (Å²) in [5.74, 6) is -4.09. The lowest BCUT2D eigenvalue weighted by Gasteiger charge is -2.41. The average molecular weight is 626 g/mol. The molecule has 5 aliphatic rings. The number of para-hydroxylation sites is 1. The van der Waals surface area contributed by atoms with Crippen molar-refractivity contribution in [3.05, 3.63) is 29.3 Å². The molecule has 0 radical (unpaired) electrons. The maximum absolute atomic E-state index is 13.6. The lowest BCUT2D eigenvalue weighted by atomic mass is 9.79. The lowest BCUT2D eigenvalue weighted by Crippen LogP contribution is -2.92. The van der Waals surface area contributed by atoms with Gasteiger partial charge in [-0.2, -0.15) is 13.2 Å². The van der Waals surface area contributed by atoms with Crippen molar-refractivity contribution in [1.29, 1.82) is 0 Å². The zero-order valence-electron chi connectivity index (χ0n) is 23.9. The Hall–Kier alpha value is -4.32. The predicted octanol–water partition coefficient (Wildman–Crippen LogP) is -4.27. The molecule has 2 saturated heterocycles. The minimum absolute atomic E-state index is 0.105. The van der Waals surface area contributed by atoms with Gasteiger partial charge in [-0.3, -0.25) is 36.3 Å². The molecule has 18 heteroatoms. The number of hydrogen-bond donors (Lipinski definition) is 8. The summed E-state index contributed by atoms with van der Waals surface area (Å²) in [7, 11) is 0. The number of nitrogens with two attached hydrogens (primary N) is 2. The van der Waals surface area contributed by atoms with Crippen molar-refractivity contribution in [3.8, 4) is 5.75 Å². The van der Waals surface area contributed by atoms with Crippen LogP contribution in [-0.2, 0) is 10.2 Å². The van der Waals surface area contributed by atoms with E-state index in [4.69, 9.17) is 16.2 Å². The Morgan fingerprint density at radius 2 is 2.00 bits per heavy atom. The van der Waals surface area contributed by atoms with E-state index in [0.29, 0.717) is 22.2 Å². The number of guanidine groups is 2. The summed E-state index contributed by atoms with van der Waals surface area (Å²) in [6.45, 7) is 1.40. The first-order chi connectivity index (χ1) is 20.5. The zero-order valence-corrected chi connectivity index (χ0v) is 23.9. The highest BCUT2D eigenvalue weighted by molar-refractivity contribution is 6.02. The first-order valence-corrected chi connectivity index (χ1v) is 14.0. The molecule has 0 aromatic heterocycles. The molecule has 2 unspecified atom stereocenters. The normalized spacial score (nSPS) is 30.2. The second-order valence-electron chi connectivity index (χ2n) is 12.3. The molecule has 2 fully saturated rings. The number of halogens is 3. The number of rotatable bonds is 5. The maximum atomic E-state index is 13.6. The number of imide groups is 1. The van der Waals surface area contributed by atoms with Gasteiger partial charge in [0.2, 0.25) is 5.91 Å². The molecule has 1 aromatic carbocycles. The van der Waals surface area contributed by atoms with E-state index in [-0.39, 0.29) is 29.4 Å². The summed E-state index contributed by atoms with van der Waals surface area (Å²) in [6.07, 6.45) is -3.96. The Morgan fingerprint density at radius 1 is 1.27 bits per heavy atom. The number of nitrogens with zero attached hydrogens (tertiary/aromatic N) is 3. The van der Waals surface area contributed by atoms with Crippen molar-refractivity contribution >= 4 is 29.8 Å². The lowest BCUT2D eigenvalue weighted by molar-refractivity contribution is -0.674. The van der Waals surface area contributed by atoms with Crippen molar-refractivity contribution in [2.45, 2.75) is 61.4 Å². The summed E-state index contributed by atoms with van der Waals surface area (Å²) in [4.78, 5) is 42.8. The van der Waals surface area contributed by atoms with Gasteiger partial charge >= 0.3 is 24.1 Å². The SMILES string of the molecule is CC1(C)CCOc2c(C(=O)NC3C[N+]4=C(N)N[C@@H](CN5C(=O)CN(CC(F)(F)F)C5=O)[C@@H]5[NH+]=C(N)NC54C3(O)O)cccc21. The number of carbonyl (C=O) groups excluding carboxylic acids is 3. The van der Waals surface area contributed by atoms with Crippen molar-refractivity contribution in [3.63, 3.8) is 0 Å². The van der Waals surface area contributed by atoms with Crippen molar-refractivity contribution in [1.82, 2.24) is 25.8 Å². The summed E-state index contributed by atoms with van der Waals surface area (Å²) in [6, 6.07) is 0.485. The molecule has 10 N–H and O–H groups in total. The van der Waals surface area contributed by atoms with Gasteiger partial charge in [-0.1, -0.05) is 26.0 Å². The molecule has 0 aliphatic carbocycles. The largest absolute Gasteiger partial charge is 0.492 e. The van der Waals surface area contributed by atoms with Crippen LogP contribution in [0.4, 0.5) is 18.0 Å². The molecule has 1 spiro atoms. The number of aliphatic hydroxyl groups is 2. The third kappa shape index (κ3) is 4.37. The van der Waals surface area contributed by atoms with Gasteiger partial charge in [-0.25, -0.2) is 14.7 Å². The summed E-state index contributed by atoms with van der Waals surface area (Å²) in [5.41, 5.74) is 11.2. The van der Waals surface area contributed by atoms with E-state index in [0.717, 1.165) is 12.0 Å². The molecule has 0 bridgehead atoms. The van der Waals surface area contributed by atoms with Gasteiger partial charge in [0.25, 0.3) is 17.4 Å². The predicted molar refractivity (Wildman–Crippen MR) is 144 cm³/mol. The van der Waals surface area contributed by atoms with Crippen molar-refractivity contribution < 1.29 is 52.1 Å². The van der Waals surface area contributed by atoms with Crippen LogP contribution in [0.2, 0.25) is 0 Å². The summed E-state index contributed by atoms with van der Waals surface area (Å²) < 4.78 is 46.1. The second kappa shape index (κ2) is 9.59. The van der Waals surface area contributed by atoms with Crippen LogP contribution in [0.5, 0.6) is 5.75 Å². The van der Waals surface area contributed by atoms with Gasteiger partial charge in [0.05, 0.1) is 25.3 Å². The molecule has 4 amide bonds. The van der Waals surface area contributed by atoms with Crippen molar-refractivity contribution in [2.24, 2.45) is 11.5 Å². The number of urea groups is 1. The number of benzene rings is 1. The van der Waals surface area contributed by atoms with Gasteiger partial charge in [0.1, 0.15) is 30.9 Å². The van der Waals surface area contributed by atoms with Crippen molar-refractivity contribution in [2.75, 3.05) is 32.8 Å². The van der Waals surface area contributed by atoms with E-state index in [2.05, 4.69) is 20.9 Å². The van der Waals surface area contributed by atoms with Gasteiger partial charge < -0.3 is 25.2 Å². The highest BCUT2D eigenvalue weighted by atomic mass is 19.4. The fraction of sp³-hybridized carbons (Fsp3) is 0.577. The number of fused-ring (bicyclic) bond motifs is 1. The highest BCUT2D eigenvalue weighted by Crippen LogP contribution is 2.41. The van der Waals surface area contributed by atoms with E-state index in [9.17, 15) is 37.8 Å². The first kappa shape index (κ1) is 29.7. The minimum atomic E-state index is -4.71. The number of amides is 4. The average Bonchev–Trinajstić information content (AvgIpc) is 3.48. The van der Waals surface area contributed by atoms with Crippen LogP contribution >= 0.6 is 0 Å². The molecule has 15 nitrogen and oxygen atoms in total. The minimum Gasteiger partial charge on any atom is -0.492 e. The van der Waals surface area contributed by atoms with Gasteiger partial charge in [0, 0.05) is 5.56 Å². The van der Waals surface area contributed by atoms with Crippen LogP contribution < -0.4 is 37.1 Å². The third-order valence-corrected chi connectivity index (χ3v) is 9.10. The quantitative estimate of drug-likeness (QED) is 0.0897. The van der Waals surface area contributed by atoms with Gasteiger partial charge in [-0.15, -0.1) is 0 Å². The monoisotopic (exact) mass is 625 g/mol. The Bertz CT molecular complexity index is 1510. The molecule has 5 heterocycles. The van der Waals surface area contributed by atoms with Gasteiger partial charge in [-0.05, 0) is 17.9 Å². The first-order valence-electron chi connectivity index (χ1n) is 14.0. The number of hydrogen-bond acceptors (Lipinski definition) is 10. The molecule has 5 aliphatic heterocycles. The Kier molecular flexibility index (Phi) is 6.48. The number of nitrogens with one attached hydrogen (secondary N) is 4. The standard InChI is InChI=1S/C26H32F3N9O6/c1-23(2)6-7-44-17-12(4-3-5-13(17)23)19(40)33-15-9-38-21(31)32-14(18-25(38,26(15,42)43)35-20(30)34-18)8-37-16(39)10-36(22(37)41)11-24(27,28)29/h3-5,14-15,18,42-43H,6-11H2,1-2H3,(H6,30,31,32,33,34,35,40)/p+2/t14-,15?,18-,25?/m0/s1. The second-order valence-corrected chi connectivity index (χ2v) is 12.3. The summed E-state index contributed by atoms with van der Waals surface area (Å²) in [5, 5.41) is 31.9. The van der Waals surface area contributed by atoms with Crippen LogP contribution in [-0.4, -0.2) is 123 Å². The topological polar surface area (TPSA) is 212 Å². The fourth-order valence-electron chi connectivity index (χ4n) is 6.89. The van der Waals surface area contributed by atoms with Gasteiger partial charge in [0.15, 0.2) is 6.04 Å². The third-order valence-electron chi connectivity index (χ3n) is 9.10. The Morgan fingerprint density at radius 3 is 2.70 bits per heavy atom. The van der Waals surface area contributed by atoms with Crippen LogP contribution in [0.25, 0.3) is 0 Å². The summed E-state index contributed by atoms with van der Waals surface area (Å²) >= 11 is 0. The van der Waals surface area contributed by atoms with E-state index in [1.807, 2.05) is 19.9 Å². The smallest absolute Gasteiger partial charge is 0.406 e. The fourth-order valence-corrected chi connectivity index (χ4v) is 6.89. The van der Waals surface area contributed by atoms with Crippen LogP contribution in [0.1, 0.15) is 36.2 Å². The number of carbonyl (C=O) groups is 3. The van der Waals surface area contributed by atoms with E-state index in [1.54, 1.807) is 12.1 Å². The van der Waals surface area contributed by atoms with Crippen LogP contribution in [0.3, 0.4) is 0 Å². The van der Waals surface area contributed by atoms with E-state index >= 15 is 0 Å². The molecule has 44 heavy (non-hydrogen) atoms. The number of alkyl halides is 3. The van der Waals surface area contributed by atoms with E-state index < -0.39 is 73.2 Å². The molecule has 0 saturated carbocycles. The van der Waals surface area contributed by atoms with Crippen LogP contribution in [0, 0.1) is 0 Å². The molecule has 4 atom stereocenters. The highest BCUT2D eigenvalue weighted by Gasteiger charge is 2.78. The molecule has 1 aromatic rings. The van der Waals surface area contributed by atoms with Crippen LogP contribution in [0.15, 0.2) is 18.2 Å². The van der Waals surface area contributed by atoms with E-state index in [1.165, 1.54) is 4.58 Å². The maximum Gasteiger partial charge on any atom is 0.406 e.